The number of carbonyl (C=O) groups excluding carboxylic acids is 5. The summed E-state index contributed by atoms with van der Waals surface area (Å²) in [6.45, 7) is 0.621. The molecule has 272 valence electrons. The summed E-state index contributed by atoms with van der Waals surface area (Å²) in [4.78, 5) is 78.5. The van der Waals surface area contributed by atoms with E-state index in [4.69, 9.17) is 9.72 Å². The monoisotopic (exact) mass is 707 g/mol. The highest BCUT2D eigenvalue weighted by Crippen LogP contribution is 2.27. The first-order valence-electron chi connectivity index (χ1n) is 17.5. The van der Waals surface area contributed by atoms with Gasteiger partial charge in [0.05, 0.1) is 19.1 Å². The van der Waals surface area contributed by atoms with Gasteiger partial charge in [0, 0.05) is 45.0 Å². The van der Waals surface area contributed by atoms with Crippen molar-refractivity contribution in [1.82, 2.24) is 35.2 Å². The normalized spacial score (nSPS) is 20.3. The predicted molar refractivity (Wildman–Crippen MR) is 196 cm³/mol. The van der Waals surface area contributed by atoms with Crippen LogP contribution in [0.15, 0.2) is 72.8 Å². The van der Waals surface area contributed by atoms with Gasteiger partial charge in [-0.2, -0.15) is 0 Å². The highest BCUT2D eigenvalue weighted by Gasteiger charge is 2.37. The molecule has 13 heteroatoms. The number of para-hydroxylation sites is 1. The van der Waals surface area contributed by atoms with Crippen LogP contribution >= 0.6 is 0 Å². The third kappa shape index (κ3) is 8.15. The fraction of sp³-hybridized carbons (Fsp3) is 0.385. The van der Waals surface area contributed by atoms with E-state index in [1.165, 1.54) is 16.8 Å². The van der Waals surface area contributed by atoms with Gasteiger partial charge in [0.25, 0.3) is 5.91 Å². The Kier molecular flexibility index (Phi) is 11.0. The summed E-state index contributed by atoms with van der Waals surface area (Å²) in [6.07, 6.45) is 0.402. The molecule has 6 rings (SSSR count). The van der Waals surface area contributed by atoms with Gasteiger partial charge in [-0.25, -0.2) is 4.98 Å². The van der Waals surface area contributed by atoms with Crippen molar-refractivity contribution in [2.45, 2.75) is 43.9 Å². The van der Waals surface area contributed by atoms with Crippen LogP contribution in [0.3, 0.4) is 0 Å². The zero-order valence-electron chi connectivity index (χ0n) is 30.0. The summed E-state index contributed by atoms with van der Waals surface area (Å²) in [7, 11) is 6.70. The molecule has 2 aliphatic heterocycles. The van der Waals surface area contributed by atoms with Crippen LogP contribution in [-0.4, -0.2) is 127 Å². The molecule has 0 saturated carbocycles. The number of pyridine rings is 1. The number of aromatic nitrogens is 1. The van der Waals surface area contributed by atoms with Crippen molar-refractivity contribution >= 4 is 51.2 Å². The summed E-state index contributed by atoms with van der Waals surface area (Å²) < 4.78 is 6.30. The highest BCUT2D eigenvalue weighted by atomic mass is 16.5. The molecule has 52 heavy (non-hydrogen) atoms. The molecule has 3 atom stereocenters. The van der Waals surface area contributed by atoms with Crippen LogP contribution in [0.4, 0.5) is 0 Å². The number of hydrogen-bond donors (Lipinski definition) is 2. The molecule has 3 heterocycles. The molecule has 2 N–H and O–H groups in total. The van der Waals surface area contributed by atoms with Crippen molar-refractivity contribution in [3.05, 3.63) is 84.1 Å². The number of benzene rings is 3. The van der Waals surface area contributed by atoms with Crippen molar-refractivity contribution in [2.24, 2.45) is 0 Å². The topological polar surface area (TPSA) is 144 Å². The molecule has 2 bridgehead atoms. The average Bonchev–Trinajstić information content (AvgIpc) is 3.53. The summed E-state index contributed by atoms with van der Waals surface area (Å²) in [6, 6.07) is 20.9. The second kappa shape index (κ2) is 15.8. The van der Waals surface area contributed by atoms with Gasteiger partial charge in [0.2, 0.25) is 23.6 Å². The minimum absolute atomic E-state index is 0.0231. The van der Waals surface area contributed by atoms with Gasteiger partial charge in [0.15, 0.2) is 0 Å². The Morgan fingerprint density at radius 1 is 0.923 bits per heavy atom. The van der Waals surface area contributed by atoms with E-state index < -0.39 is 23.9 Å². The smallest absolute Gasteiger partial charge is 0.272 e. The summed E-state index contributed by atoms with van der Waals surface area (Å²) in [5.74, 6) is -1.25. The van der Waals surface area contributed by atoms with Gasteiger partial charge in [-0.05, 0) is 55.4 Å². The van der Waals surface area contributed by atoms with E-state index in [0.717, 1.165) is 21.7 Å². The maximum atomic E-state index is 14.0. The van der Waals surface area contributed by atoms with E-state index in [1.807, 2.05) is 68.7 Å². The molecule has 1 saturated heterocycles. The van der Waals surface area contributed by atoms with Gasteiger partial charge in [-0.15, -0.1) is 0 Å². The third-order valence-corrected chi connectivity index (χ3v) is 9.75. The first-order chi connectivity index (χ1) is 25.0. The average molecular weight is 708 g/mol. The lowest BCUT2D eigenvalue weighted by Crippen LogP contribution is -2.49. The number of amides is 5. The Morgan fingerprint density at radius 3 is 2.48 bits per heavy atom. The summed E-state index contributed by atoms with van der Waals surface area (Å²) >= 11 is 0. The van der Waals surface area contributed by atoms with Gasteiger partial charge in [0.1, 0.15) is 29.6 Å². The standard InChI is InChI=1S/C39H45N7O6/c1-43(2)22-34(47)41-28-19-29-24-52-33-14-8-11-26-15-16-31(42-37(26)33)39(51)45(4)32(17-18-35(48)44(3)23-36(49)46(29)21-28)38(50)40-20-27-12-7-10-25-9-5-6-13-30(25)27/h5-16,28-29,32H,17-24H2,1-4H3,(H,40,50)(H,41,47)/t28-,29-,32-/m0/s1. The summed E-state index contributed by atoms with van der Waals surface area (Å²) in [5, 5.41) is 8.81. The van der Waals surface area contributed by atoms with Crippen molar-refractivity contribution in [3.63, 3.8) is 0 Å². The number of fused-ring (bicyclic) bond motifs is 3. The van der Waals surface area contributed by atoms with Gasteiger partial charge < -0.3 is 35.0 Å². The van der Waals surface area contributed by atoms with Crippen LogP contribution in [-0.2, 0) is 25.7 Å². The van der Waals surface area contributed by atoms with Crippen molar-refractivity contribution in [2.75, 3.05) is 54.4 Å². The first kappa shape index (κ1) is 36.2. The molecule has 2 aliphatic rings. The second-order valence-corrected chi connectivity index (χ2v) is 13.8. The maximum Gasteiger partial charge on any atom is 0.272 e. The number of likely N-dealkylation sites (N-methyl/N-ethyl adjacent to an activating group) is 3. The van der Waals surface area contributed by atoms with Crippen LogP contribution in [0.5, 0.6) is 5.75 Å². The van der Waals surface area contributed by atoms with E-state index in [2.05, 4.69) is 10.6 Å². The van der Waals surface area contributed by atoms with Crippen molar-refractivity contribution in [3.8, 4) is 5.75 Å². The van der Waals surface area contributed by atoms with E-state index in [9.17, 15) is 24.0 Å². The minimum atomic E-state index is -1.01. The lowest BCUT2D eigenvalue weighted by Gasteiger charge is -2.28. The number of ether oxygens (including phenoxy) is 1. The molecule has 3 aromatic carbocycles. The maximum absolute atomic E-state index is 14.0. The summed E-state index contributed by atoms with van der Waals surface area (Å²) in [5.41, 5.74) is 1.50. The molecule has 1 aromatic heterocycles. The Hall–Kier alpha value is -5.56. The molecule has 0 unspecified atom stereocenters. The molecule has 0 spiro atoms. The van der Waals surface area contributed by atoms with Crippen molar-refractivity contribution < 1.29 is 28.7 Å². The Morgan fingerprint density at radius 2 is 1.67 bits per heavy atom. The predicted octanol–water partition coefficient (Wildman–Crippen LogP) is 2.42. The number of rotatable bonds is 6. The number of hydrogen-bond acceptors (Lipinski definition) is 8. The Balaban J connectivity index is 1.28. The van der Waals surface area contributed by atoms with E-state index >= 15 is 0 Å². The lowest BCUT2D eigenvalue weighted by atomic mass is 10.0. The van der Waals surface area contributed by atoms with Crippen LogP contribution in [0, 0.1) is 0 Å². The molecular weight excluding hydrogens is 662 g/mol. The zero-order chi connectivity index (χ0) is 36.9. The SMILES string of the molecule is CN(C)CC(=O)N[C@H]1C[C@H]2COc3cccc4ccc(nc34)C(=O)N(C)[C@H](C(=O)NCc3cccc4ccccc34)CCC(=O)N(C)CC(=O)N2C1. The van der Waals surface area contributed by atoms with Crippen LogP contribution in [0.1, 0.15) is 35.3 Å². The third-order valence-electron chi connectivity index (χ3n) is 9.75. The van der Waals surface area contributed by atoms with E-state index in [1.54, 1.807) is 35.0 Å². The number of nitrogens with zero attached hydrogens (tertiary/aromatic N) is 5. The van der Waals surface area contributed by atoms with E-state index in [0.29, 0.717) is 17.7 Å². The van der Waals surface area contributed by atoms with Gasteiger partial charge in [-0.3, -0.25) is 24.0 Å². The van der Waals surface area contributed by atoms with E-state index in [-0.39, 0.29) is 75.1 Å². The van der Waals surface area contributed by atoms with Crippen molar-refractivity contribution in [1.29, 1.82) is 0 Å². The Bertz CT molecular complexity index is 2000. The van der Waals surface area contributed by atoms with Gasteiger partial charge in [-0.1, -0.05) is 60.7 Å². The zero-order valence-corrected chi connectivity index (χ0v) is 30.0. The van der Waals surface area contributed by atoms with Crippen LogP contribution in [0.2, 0.25) is 0 Å². The second-order valence-electron chi connectivity index (χ2n) is 13.8. The lowest BCUT2D eigenvalue weighted by molar-refractivity contribution is -0.140. The molecule has 4 aromatic rings. The largest absolute Gasteiger partial charge is 0.489 e. The van der Waals surface area contributed by atoms with Crippen LogP contribution < -0.4 is 15.4 Å². The first-order valence-corrected chi connectivity index (χ1v) is 17.5. The quantitative estimate of drug-likeness (QED) is 0.311. The molecule has 0 radical (unpaired) electrons. The minimum Gasteiger partial charge on any atom is -0.489 e. The fourth-order valence-electron chi connectivity index (χ4n) is 6.99. The molecule has 1 fully saturated rings. The van der Waals surface area contributed by atoms with Crippen LogP contribution in [0.25, 0.3) is 21.7 Å². The molecular formula is C39H45N7O6. The number of nitrogens with one attached hydrogen (secondary N) is 2. The highest BCUT2D eigenvalue weighted by molar-refractivity contribution is 5.99. The molecule has 5 amide bonds. The molecule has 0 aliphatic carbocycles. The van der Waals surface area contributed by atoms with Gasteiger partial charge >= 0.3 is 0 Å². The number of carbonyl (C=O) groups is 5. The Labute approximate surface area is 302 Å². The molecule has 13 nitrogen and oxygen atoms in total. The fourth-order valence-corrected chi connectivity index (χ4v) is 6.99.